The van der Waals surface area contributed by atoms with Gasteiger partial charge in [-0.25, -0.2) is 0 Å². The Bertz CT molecular complexity index is 1860. The normalized spacial score (nSPS) is 11.2. The van der Waals surface area contributed by atoms with E-state index in [1.54, 1.807) is 0 Å². The Labute approximate surface area is 216 Å². The smallest absolute Gasteiger partial charge is 0.143 e. The van der Waals surface area contributed by atoms with Crippen LogP contribution in [0.3, 0.4) is 0 Å². The monoisotopic (exact) mass is 472 g/mol. The Morgan fingerprint density at radius 1 is 0.324 bits per heavy atom. The molecule has 0 fully saturated rings. The van der Waals surface area contributed by atoms with Gasteiger partial charge in [0.2, 0.25) is 0 Å². The summed E-state index contributed by atoms with van der Waals surface area (Å²) in [5, 5.41) is 4.67. The third-order valence-electron chi connectivity index (χ3n) is 7.09. The predicted molar refractivity (Wildman–Crippen MR) is 155 cm³/mol. The highest BCUT2D eigenvalue weighted by Gasteiger charge is 2.19. The summed E-state index contributed by atoms with van der Waals surface area (Å²) in [6.45, 7) is 0. The lowest BCUT2D eigenvalue weighted by Crippen LogP contribution is -1.83. The minimum Gasteiger partial charge on any atom is -0.455 e. The van der Waals surface area contributed by atoms with Gasteiger partial charge in [-0.3, -0.25) is 0 Å². The Morgan fingerprint density at radius 2 is 0.838 bits per heavy atom. The SMILES string of the molecule is c1ccc(-c2ccc3cc(-c4oc(-c5ccccc5-c5ccccc5)c5ccccc45)ccc3c2)cc1. The first kappa shape index (κ1) is 21.4. The minimum absolute atomic E-state index is 0.905. The Morgan fingerprint density at radius 3 is 1.54 bits per heavy atom. The quantitative estimate of drug-likeness (QED) is 0.248. The van der Waals surface area contributed by atoms with Gasteiger partial charge in [-0.05, 0) is 45.2 Å². The second-order valence-corrected chi connectivity index (χ2v) is 9.36. The van der Waals surface area contributed by atoms with Gasteiger partial charge in [0.15, 0.2) is 0 Å². The van der Waals surface area contributed by atoms with Crippen LogP contribution < -0.4 is 0 Å². The van der Waals surface area contributed by atoms with E-state index in [1.807, 2.05) is 0 Å². The maximum absolute atomic E-state index is 6.74. The maximum Gasteiger partial charge on any atom is 0.143 e. The summed E-state index contributed by atoms with van der Waals surface area (Å²) in [5.41, 5.74) is 6.99. The summed E-state index contributed by atoms with van der Waals surface area (Å²) >= 11 is 0. The molecule has 0 spiro atoms. The fraction of sp³-hybridized carbons (Fsp3) is 0. The lowest BCUT2D eigenvalue weighted by atomic mass is 9.96. The van der Waals surface area contributed by atoms with Crippen molar-refractivity contribution in [2.75, 3.05) is 0 Å². The van der Waals surface area contributed by atoms with Crippen molar-refractivity contribution in [1.82, 2.24) is 0 Å². The van der Waals surface area contributed by atoms with Crippen LogP contribution in [0.5, 0.6) is 0 Å². The zero-order valence-electron chi connectivity index (χ0n) is 20.3. The van der Waals surface area contributed by atoms with E-state index in [2.05, 4.69) is 146 Å². The highest BCUT2D eigenvalue weighted by Crippen LogP contribution is 2.43. The molecule has 0 saturated carbocycles. The standard InChI is InChI=1S/C36H24O/c1-3-11-25(12-4-1)27-19-20-29-24-30(22-21-28(29)23-27)35-33-17-9-10-18-34(33)36(37-35)32-16-8-7-15-31(32)26-13-5-2-6-14-26/h1-24H. The zero-order chi connectivity index (χ0) is 24.6. The van der Waals surface area contributed by atoms with Crippen LogP contribution in [0.1, 0.15) is 0 Å². The van der Waals surface area contributed by atoms with E-state index in [9.17, 15) is 0 Å². The molecule has 0 aliphatic rings. The van der Waals surface area contributed by atoms with Crippen LogP contribution in [0.4, 0.5) is 0 Å². The highest BCUT2D eigenvalue weighted by atomic mass is 16.3. The van der Waals surface area contributed by atoms with E-state index < -0.39 is 0 Å². The van der Waals surface area contributed by atoms with Crippen molar-refractivity contribution >= 4 is 21.5 Å². The molecule has 0 aliphatic carbocycles. The molecule has 0 N–H and O–H groups in total. The molecule has 0 atom stereocenters. The van der Waals surface area contributed by atoms with Gasteiger partial charge in [-0.15, -0.1) is 0 Å². The first-order chi connectivity index (χ1) is 18.3. The van der Waals surface area contributed by atoms with E-state index in [0.29, 0.717) is 0 Å². The third-order valence-corrected chi connectivity index (χ3v) is 7.09. The van der Waals surface area contributed by atoms with Crippen LogP contribution in [0.25, 0.3) is 66.4 Å². The molecule has 1 nitrogen and oxygen atoms in total. The van der Waals surface area contributed by atoms with Crippen molar-refractivity contribution in [3.63, 3.8) is 0 Å². The number of benzene rings is 6. The molecular formula is C36H24O. The number of rotatable bonds is 4. The van der Waals surface area contributed by atoms with Gasteiger partial charge in [-0.1, -0.05) is 133 Å². The molecule has 0 saturated heterocycles. The van der Waals surface area contributed by atoms with Gasteiger partial charge in [0.1, 0.15) is 11.5 Å². The van der Waals surface area contributed by atoms with Crippen molar-refractivity contribution in [1.29, 1.82) is 0 Å². The largest absolute Gasteiger partial charge is 0.455 e. The van der Waals surface area contributed by atoms with Crippen molar-refractivity contribution in [2.24, 2.45) is 0 Å². The fourth-order valence-electron chi connectivity index (χ4n) is 5.25. The minimum atomic E-state index is 0.905. The maximum atomic E-state index is 6.74. The predicted octanol–water partition coefficient (Wildman–Crippen LogP) is 10.3. The number of fused-ring (bicyclic) bond motifs is 2. The first-order valence-electron chi connectivity index (χ1n) is 12.6. The molecule has 1 aromatic heterocycles. The Kier molecular flexibility index (Phi) is 5.19. The summed E-state index contributed by atoms with van der Waals surface area (Å²) in [6, 6.07) is 51.3. The molecular weight excluding hydrogens is 448 g/mol. The summed E-state index contributed by atoms with van der Waals surface area (Å²) < 4.78 is 6.74. The highest BCUT2D eigenvalue weighted by molar-refractivity contribution is 6.05. The van der Waals surface area contributed by atoms with E-state index in [4.69, 9.17) is 4.42 Å². The molecule has 1 heterocycles. The van der Waals surface area contributed by atoms with Crippen LogP contribution in [-0.2, 0) is 0 Å². The third kappa shape index (κ3) is 3.82. The van der Waals surface area contributed by atoms with Gasteiger partial charge in [0, 0.05) is 21.9 Å². The summed E-state index contributed by atoms with van der Waals surface area (Å²) in [5.74, 6) is 1.81. The van der Waals surface area contributed by atoms with Gasteiger partial charge in [0.25, 0.3) is 0 Å². The molecule has 0 unspecified atom stereocenters. The first-order valence-corrected chi connectivity index (χ1v) is 12.6. The number of furan rings is 1. The molecule has 1 heteroatoms. The van der Waals surface area contributed by atoms with Crippen molar-refractivity contribution in [3.8, 4) is 44.9 Å². The van der Waals surface area contributed by atoms with E-state index in [1.165, 1.54) is 33.0 Å². The van der Waals surface area contributed by atoms with Crippen molar-refractivity contribution in [2.45, 2.75) is 0 Å². The fourth-order valence-corrected chi connectivity index (χ4v) is 5.25. The van der Waals surface area contributed by atoms with Crippen LogP contribution in [0.15, 0.2) is 150 Å². The second kappa shape index (κ2) is 8.96. The molecule has 0 bridgehead atoms. The summed E-state index contributed by atoms with van der Waals surface area (Å²) in [6.07, 6.45) is 0. The molecule has 7 aromatic rings. The summed E-state index contributed by atoms with van der Waals surface area (Å²) in [4.78, 5) is 0. The molecule has 174 valence electrons. The summed E-state index contributed by atoms with van der Waals surface area (Å²) in [7, 11) is 0. The average molecular weight is 473 g/mol. The molecule has 7 rings (SSSR count). The van der Waals surface area contributed by atoms with E-state index >= 15 is 0 Å². The van der Waals surface area contributed by atoms with Crippen LogP contribution in [0.2, 0.25) is 0 Å². The Balaban J connectivity index is 1.38. The second-order valence-electron chi connectivity index (χ2n) is 9.36. The molecule has 0 radical (unpaired) electrons. The molecule has 0 aliphatic heterocycles. The van der Waals surface area contributed by atoms with Crippen LogP contribution >= 0.6 is 0 Å². The van der Waals surface area contributed by atoms with Crippen molar-refractivity contribution < 1.29 is 4.42 Å². The van der Waals surface area contributed by atoms with Gasteiger partial charge < -0.3 is 4.42 Å². The molecule has 0 amide bonds. The van der Waals surface area contributed by atoms with Crippen LogP contribution in [-0.4, -0.2) is 0 Å². The molecule has 6 aromatic carbocycles. The molecule has 37 heavy (non-hydrogen) atoms. The number of hydrogen-bond donors (Lipinski definition) is 0. The zero-order valence-corrected chi connectivity index (χ0v) is 20.3. The lowest BCUT2D eigenvalue weighted by molar-refractivity contribution is 0.602. The van der Waals surface area contributed by atoms with Crippen molar-refractivity contribution in [3.05, 3.63) is 146 Å². The Hall–Kier alpha value is -4.88. The van der Waals surface area contributed by atoms with Crippen LogP contribution in [0, 0.1) is 0 Å². The van der Waals surface area contributed by atoms with E-state index in [0.717, 1.165) is 33.4 Å². The van der Waals surface area contributed by atoms with E-state index in [-0.39, 0.29) is 0 Å². The van der Waals surface area contributed by atoms with Gasteiger partial charge in [0.05, 0.1) is 0 Å². The topological polar surface area (TPSA) is 13.1 Å². The number of hydrogen-bond acceptors (Lipinski definition) is 1. The van der Waals surface area contributed by atoms with Gasteiger partial charge >= 0.3 is 0 Å². The average Bonchev–Trinajstić information content (AvgIpc) is 3.37. The van der Waals surface area contributed by atoms with Gasteiger partial charge in [-0.2, -0.15) is 0 Å². The lowest BCUT2D eigenvalue weighted by Gasteiger charge is -2.08.